The van der Waals surface area contributed by atoms with Crippen molar-refractivity contribution in [2.45, 2.75) is 4.90 Å². The molecule has 2 heterocycles. The summed E-state index contributed by atoms with van der Waals surface area (Å²) >= 11 is 0. The Bertz CT molecular complexity index is 1010. The van der Waals surface area contributed by atoms with E-state index in [0.717, 1.165) is 5.56 Å². The number of rotatable bonds is 2. The van der Waals surface area contributed by atoms with Crippen molar-refractivity contribution in [1.82, 2.24) is 9.97 Å². The second-order valence-electron chi connectivity index (χ2n) is 5.17. The first-order valence-electron chi connectivity index (χ1n) is 6.93. The number of ether oxygens (including phenoxy) is 2. The summed E-state index contributed by atoms with van der Waals surface area (Å²) in [4.78, 5) is 7.62. The molecule has 0 atom stereocenters. The number of nitrogens with one attached hydrogen (secondary N) is 1. The van der Waals surface area contributed by atoms with Gasteiger partial charge in [-0.25, -0.2) is 18.5 Å². The predicted molar refractivity (Wildman–Crippen MR) is 83.9 cm³/mol. The van der Waals surface area contributed by atoms with Crippen LogP contribution >= 0.6 is 0 Å². The van der Waals surface area contributed by atoms with Crippen molar-refractivity contribution in [2.24, 2.45) is 5.14 Å². The van der Waals surface area contributed by atoms with Crippen molar-refractivity contribution in [3.63, 3.8) is 0 Å². The van der Waals surface area contributed by atoms with Crippen LogP contribution in [-0.4, -0.2) is 31.6 Å². The minimum absolute atomic E-state index is 0.0439. The van der Waals surface area contributed by atoms with Crippen LogP contribution in [0.4, 0.5) is 0 Å². The molecule has 0 aliphatic carbocycles. The molecule has 0 unspecified atom stereocenters. The Hall–Kier alpha value is -2.58. The third-order valence-electron chi connectivity index (χ3n) is 3.60. The third-order valence-corrected chi connectivity index (χ3v) is 4.51. The second-order valence-corrected chi connectivity index (χ2v) is 6.73. The van der Waals surface area contributed by atoms with Gasteiger partial charge in [-0.05, 0) is 36.4 Å². The molecule has 0 radical (unpaired) electrons. The van der Waals surface area contributed by atoms with Gasteiger partial charge in [-0.3, -0.25) is 0 Å². The summed E-state index contributed by atoms with van der Waals surface area (Å²) in [6, 6.07) is 10.1. The Kier molecular flexibility index (Phi) is 3.03. The molecule has 1 aromatic heterocycles. The topological polar surface area (TPSA) is 107 Å². The Balaban J connectivity index is 1.80. The number of aromatic nitrogens is 2. The molecule has 0 saturated carbocycles. The summed E-state index contributed by atoms with van der Waals surface area (Å²) in [5.41, 5.74) is 2.08. The van der Waals surface area contributed by atoms with Gasteiger partial charge in [0.25, 0.3) is 0 Å². The number of aromatic amines is 1. The molecule has 0 fully saturated rings. The predicted octanol–water partition coefficient (Wildman–Crippen LogP) is 1.65. The van der Waals surface area contributed by atoms with Crippen LogP contribution in [0.15, 0.2) is 41.3 Å². The molecule has 8 heteroatoms. The third kappa shape index (κ3) is 2.51. The van der Waals surface area contributed by atoms with E-state index in [-0.39, 0.29) is 4.90 Å². The van der Waals surface area contributed by atoms with Crippen molar-refractivity contribution in [1.29, 1.82) is 0 Å². The van der Waals surface area contributed by atoms with Gasteiger partial charge in [0.05, 0.1) is 15.9 Å². The van der Waals surface area contributed by atoms with Crippen LogP contribution in [0.25, 0.3) is 22.4 Å². The number of hydrogen-bond acceptors (Lipinski definition) is 5. The molecule has 7 nitrogen and oxygen atoms in total. The standard InChI is InChI=1S/C15H13N3O4S/c16-23(19,20)10-2-3-11-12(8-10)18-15(17-11)9-1-4-13-14(7-9)22-6-5-21-13/h1-4,7-8H,5-6H2,(H,17,18)(H2,16,19,20). The molecule has 3 aromatic rings. The van der Waals surface area contributed by atoms with Gasteiger partial charge in [0.2, 0.25) is 10.0 Å². The molecule has 0 amide bonds. The number of hydrogen-bond donors (Lipinski definition) is 2. The fourth-order valence-electron chi connectivity index (χ4n) is 2.49. The zero-order valence-corrected chi connectivity index (χ0v) is 12.8. The Labute approximate surface area is 132 Å². The lowest BCUT2D eigenvalue weighted by Gasteiger charge is -2.18. The van der Waals surface area contributed by atoms with E-state index in [1.165, 1.54) is 12.1 Å². The summed E-state index contributed by atoms with van der Waals surface area (Å²) in [5, 5.41) is 5.15. The molecule has 0 bridgehead atoms. The van der Waals surface area contributed by atoms with Gasteiger partial charge in [0, 0.05) is 5.56 Å². The number of nitrogens with two attached hydrogens (primary N) is 1. The number of sulfonamides is 1. The molecule has 1 aliphatic heterocycles. The highest BCUT2D eigenvalue weighted by molar-refractivity contribution is 7.89. The van der Waals surface area contributed by atoms with E-state index in [0.29, 0.717) is 41.6 Å². The maximum Gasteiger partial charge on any atom is 0.238 e. The van der Waals surface area contributed by atoms with Gasteiger partial charge in [0.15, 0.2) is 11.5 Å². The number of primary sulfonamides is 1. The van der Waals surface area contributed by atoms with Gasteiger partial charge >= 0.3 is 0 Å². The molecule has 4 rings (SSSR count). The average molecular weight is 331 g/mol. The van der Waals surface area contributed by atoms with Crippen LogP contribution in [0.2, 0.25) is 0 Å². The summed E-state index contributed by atoms with van der Waals surface area (Å²) in [6.07, 6.45) is 0. The molecular weight excluding hydrogens is 318 g/mol. The fraction of sp³-hybridized carbons (Fsp3) is 0.133. The van der Waals surface area contributed by atoms with E-state index in [2.05, 4.69) is 9.97 Å². The van der Waals surface area contributed by atoms with E-state index < -0.39 is 10.0 Å². The number of fused-ring (bicyclic) bond motifs is 2. The van der Waals surface area contributed by atoms with Crippen molar-refractivity contribution in [3.05, 3.63) is 36.4 Å². The number of benzene rings is 2. The van der Waals surface area contributed by atoms with E-state index in [9.17, 15) is 8.42 Å². The molecular formula is C15H13N3O4S. The first-order chi connectivity index (χ1) is 11.0. The maximum absolute atomic E-state index is 11.4. The lowest BCUT2D eigenvalue weighted by atomic mass is 10.2. The highest BCUT2D eigenvalue weighted by Crippen LogP contribution is 2.34. The summed E-state index contributed by atoms with van der Waals surface area (Å²) in [6.45, 7) is 1.04. The first-order valence-corrected chi connectivity index (χ1v) is 8.48. The highest BCUT2D eigenvalue weighted by atomic mass is 32.2. The molecule has 0 spiro atoms. The van der Waals surface area contributed by atoms with Gasteiger partial charge in [0.1, 0.15) is 19.0 Å². The quantitative estimate of drug-likeness (QED) is 0.742. The Morgan fingerprint density at radius 2 is 1.83 bits per heavy atom. The zero-order chi connectivity index (χ0) is 16.0. The maximum atomic E-state index is 11.4. The van der Waals surface area contributed by atoms with Crippen molar-refractivity contribution < 1.29 is 17.9 Å². The normalized spacial score (nSPS) is 14.1. The molecule has 118 valence electrons. The van der Waals surface area contributed by atoms with Crippen molar-refractivity contribution in [2.75, 3.05) is 13.2 Å². The zero-order valence-electron chi connectivity index (χ0n) is 11.9. The van der Waals surface area contributed by atoms with Gasteiger partial charge in [-0.1, -0.05) is 0 Å². The number of nitrogens with zero attached hydrogens (tertiary/aromatic N) is 1. The van der Waals surface area contributed by atoms with Gasteiger partial charge < -0.3 is 14.5 Å². The average Bonchev–Trinajstić information content (AvgIpc) is 2.96. The minimum Gasteiger partial charge on any atom is -0.486 e. The minimum atomic E-state index is -3.75. The van der Waals surface area contributed by atoms with Crippen molar-refractivity contribution >= 4 is 21.1 Å². The molecule has 1 aliphatic rings. The first kappa shape index (κ1) is 14.0. The number of imidazole rings is 1. The van der Waals surface area contributed by atoms with Crippen LogP contribution in [0.5, 0.6) is 11.5 Å². The number of H-pyrrole nitrogens is 1. The Morgan fingerprint density at radius 3 is 2.61 bits per heavy atom. The van der Waals surface area contributed by atoms with Crippen molar-refractivity contribution in [3.8, 4) is 22.9 Å². The largest absolute Gasteiger partial charge is 0.486 e. The molecule has 23 heavy (non-hydrogen) atoms. The highest BCUT2D eigenvalue weighted by Gasteiger charge is 2.15. The SMILES string of the molecule is NS(=O)(=O)c1ccc2nc(-c3ccc4c(c3)OCCO4)[nH]c2c1. The van der Waals surface area contributed by atoms with E-state index in [1.807, 2.05) is 18.2 Å². The molecule has 3 N–H and O–H groups in total. The summed E-state index contributed by atoms with van der Waals surface area (Å²) < 4.78 is 33.9. The lowest BCUT2D eigenvalue weighted by molar-refractivity contribution is 0.171. The molecule has 0 saturated heterocycles. The van der Waals surface area contributed by atoms with Crippen LogP contribution in [0.3, 0.4) is 0 Å². The van der Waals surface area contributed by atoms with Gasteiger partial charge in [-0.2, -0.15) is 0 Å². The lowest BCUT2D eigenvalue weighted by Crippen LogP contribution is -2.15. The van der Waals surface area contributed by atoms with Crippen LogP contribution in [0, 0.1) is 0 Å². The van der Waals surface area contributed by atoms with Crippen LogP contribution in [0.1, 0.15) is 0 Å². The van der Waals surface area contributed by atoms with Crippen LogP contribution < -0.4 is 14.6 Å². The fourth-order valence-corrected chi connectivity index (χ4v) is 3.03. The van der Waals surface area contributed by atoms with E-state index >= 15 is 0 Å². The Morgan fingerprint density at radius 1 is 1.04 bits per heavy atom. The van der Waals surface area contributed by atoms with E-state index in [4.69, 9.17) is 14.6 Å². The molecule has 2 aromatic carbocycles. The smallest absolute Gasteiger partial charge is 0.238 e. The van der Waals surface area contributed by atoms with E-state index in [1.54, 1.807) is 6.07 Å². The monoisotopic (exact) mass is 331 g/mol. The summed E-state index contributed by atoms with van der Waals surface area (Å²) in [5.74, 6) is 1.98. The summed E-state index contributed by atoms with van der Waals surface area (Å²) in [7, 11) is -3.75. The van der Waals surface area contributed by atoms with Gasteiger partial charge in [-0.15, -0.1) is 0 Å². The second kappa shape index (κ2) is 4.97. The van der Waals surface area contributed by atoms with Crippen LogP contribution in [-0.2, 0) is 10.0 Å².